The number of aromatic nitrogens is 2. The molecule has 0 spiro atoms. The molecule has 3 aromatic carbocycles. The molecule has 180 valence electrons. The van der Waals surface area contributed by atoms with Gasteiger partial charge in [-0.15, -0.1) is 0 Å². The van der Waals surface area contributed by atoms with E-state index in [0.717, 1.165) is 53.9 Å². The minimum Gasteiger partial charge on any atom is -0.369 e. The maximum Gasteiger partial charge on any atom is 0.252 e. The first-order valence-corrected chi connectivity index (χ1v) is 11.9. The highest BCUT2D eigenvalue weighted by molar-refractivity contribution is 5.97. The van der Waals surface area contributed by atoms with Gasteiger partial charge < -0.3 is 20.4 Å². The number of hydrogen-bond donors (Lipinski definition) is 2. The van der Waals surface area contributed by atoms with Gasteiger partial charge in [-0.2, -0.15) is 5.26 Å². The molecule has 0 radical (unpaired) electrons. The van der Waals surface area contributed by atoms with Crippen molar-refractivity contribution in [3.63, 3.8) is 0 Å². The number of hydrogen-bond acceptors (Lipinski definition) is 7. The number of piperazine rings is 1. The molecular weight excluding hydrogens is 450 g/mol. The number of para-hydroxylation sites is 1. The van der Waals surface area contributed by atoms with Gasteiger partial charge in [-0.3, -0.25) is 4.79 Å². The number of nitriles is 1. The lowest BCUT2D eigenvalue weighted by Gasteiger charge is -2.34. The van der Waals surface area contributed by atoms with Crippen molar-refractivity contribution in [3.05, 3.63) is 78.5 Å². The van der Waals surface area contributed by atoms with Crippen molar-refractivity contribution in [2.24, 2.45) is 0 Å². The Balaban J connectivity index is 1.39. The summed E-state index contributed by atoms with van der Waals surface area (Å²) >= 11 is 0. The maximum absolute atomic E-state index is 12.1. The van der Waals surface area contributed by atoms with Crippen molar-refractivity contribution < 1.29 is 4.79 Å². The quantitative estimate of drug-likeness (QED) is 0.405. The van der Waals surface area contributed by atoms with Crippen LogP contribution < -0.4 is 15.5 Å². The van der Waals surface area contributed by atoms with Gasteiger partial charge in [-0.1, -0.05) is 36.4 Å². The minimum atomic E-state index is -0.270. The number of carbonyl (C=O) groups excluding carboxylic acids is 1. The van der Waals surface area contributed by atoms with E-state index < -0.39 is 0 Å². The van der Waals surface area contributed by atoms with E-state index in [9.17, 15) is 4.79 Å². The highest BCUT2D eigenvalue weighted by Crippen LogP contribution is 2.29. The van der Waals surface area contributed by atoms with Crippen LogP contribution in [0.2, 0.25) is 0 Å². The summed E-state index contributed by atoms with van der Waals surface area (Å²) in [5, 5.41) is 15.5. The van der Waals surface area contributed by atoms with Gasteiger partial charge >= 0.3 is 0 Å². The number of benzene rings is 3. The molecule has 0 unspecified atom stereocenters. The average molecular weight is 478 g/mol. The standard InChI is InChI=1S/C28H27N7O/c1-34-14-16-35(17-15-34)24-6-3-5-23(18-24)32-28-31-19-22-4-2-7-25(26(22)33-28)20-8-10-21(11-9-20)27(36)30-13-12-29/h2-11,18-19H,13-17H2,1H3,(H,30,36)(H,31,32,33). The molecule has 0 aliphatic carbocycles. The normalized spacial score (nSPS) is 13.8. The summed E-state index contributed by atoms with van der Waals surface area (Å²) in [7, 11) is 2.16. The van der Waals surface area contributed by atoms with Crippen molar-refractivity contribution in [2.75, 3.05) is 50.0 Å². The van der Waals surface area contributed by atoms with Crippen LogP contribution in [0.15, 0.2) is 72.9 Å². The molecule has 1 aliphatic rings. The zero-order valence-corrected chi connectivity index (χ0v) is 20.1. The van der Waals surface area contributed by atoms with Gasteiger partial charge in [0.1, 0.15) is 6.54 Å². The minimum absolute atomic E-state index is 0.0190. The van der Waals surface area contributed by atoms with E-state index in [4.69, 9.17) is 10.2 Å². The first-order chi connectivity index (χ1) is 17.6. The van der Waals surface area contributed by atoms with Gasteiger partial charge in [-0.25, -0.2) is 9.97 Å². The monoisotopic (exact) mass is 477 g/mol. The molecule has 5 rings (SSSR count). The first kappa shape index (κ1) is 23.3. The Hall–Kier alpha value is -4.48. The predicted octanol–water partition coefficient (Wildman–Crippen LogP) is 4.05. The van der Waals surface area contributed by atoms with Crippen molar-refractivity contribution in [3.8, 4) is 17.2 Å². The summed E-state index contributed by atoms with van der Waals surface area (Å²) in [5.41, 5.74) is 5.36. The third-order valence-corrected chi connectivity index (χ3v) is 6.37. The zero-order valence-electron chi connectivity index (χ0n) is 20.1. The second-order valence-corrected chi connectivity index (χ2v) is 8.82. The molecular formula is C28H27N7O. The van der Waals surface area contributed by atoms with Crippen LogP contribution in [-0.2, 0) is 0 Å². The molecule has 1 fully saturated rings. The molecule has 0 bridgehead atoms. The molecule has 8 heteroatoms. The average Bonchev–Trinajstić information content (AvgIpc) is 2.92. The summed E-state index contributed by atoms with van der Waals surface area (Å²) in [6, 6.07) is 23.5. The number of rotatable bonds is 6. The molecule has 36 heavy (non-hydrogen) atoms. The van der Waals surface area contributed by atoms with Crippen LogP contribution in [0.3, 0.4) is 0 Å². The van der Waals surface area contributed by atoms with E-state index >= 15 is 0 Å². The Morgan fingerprint density at radius 2 is 1.81 bits per heavy atom. The summed E-state index contributed by atoms with van der Waals surface area (Å²) in [5.74, 6) is 0.256. The van der Waals surface area contributed by atoms with Crippen LogP contribution in [0, 0.1) is 11.3 Å². The molecule has 1 aliphatic heterocycles. The first-order valence-electron chi connectivity index (χ1n) is 11.9. The number of amides is 1. The fourth-order valence-corrected chi connectivity index (χ4v) is 4.35. The molecule has 1 aromatic heterocycles. The van der Waals surface area contributed by atoms with Crippen LogP contribution in [0.1, 0.15) is 10.4 Å². The number of nitrogens with one attached hydrogen (secondary N) is 2. The number of fused-ring (bicyclic) bond motifs is 1. The molecule has 8 nitrogen and oxygen atoms in total. The van der Waals surface area contributed by atoms with Crippen LogP contribution >= 0.6 is 0 Å². The fraction of sp³-hybridized carbons (Fsp3) is 0.214. The lowest BCUT2D eigenvalue weighted by atomic mass is 10.0. The van der Waals surface area contributed by atoms with E-state index in [0.29, 0.717) is 11.5 Å². The molecule has 1 saturated heterocycles. The molecule has 2 heterocycles. The largest absolute Gasteiger partial charge is 0.369 e. The molecule has 1 amide bonds. The number of anilines is 3. The van der Waals surface area contributed by atoms with Gasteiger partial charge in [0.05, 0.1) is 11.6 Å². The van der Waals surface area contributed by atoms with Crippen molar-refractivity contribution in [1.82, 2.24) is 20.2 Å². The van der Waals surface area contributed by atoms with E-state index in [1.165, 1.54) is 5.69 Å². The predicted molar refractivity (Wildman–Crippen MR) is 142 cm³/mol. The highest BCUT2D eigenvalue weighted by atomic mass is 16.1. The van der Waals surface area contributed by atoms with Gasteiger partial charge in [0.15, 0.2) is 0 Å². The van der Waals surface area contributed by atoms with Crippen molar-refractivity contribution in [2.45, 2.75) is 0 Å². The molecule has 4 aromatic rings. The molecule has 0 saturated carbocycles. The topological polar surface area (TPSA) is 97.2 Å². The van der Waals surface area contributed by atoms with Crippen LogP contribution in [-0.4, -0.2) is 60.5 Å². The van der Waals surface area contributed by atoms with E-state index in [-0.39, 0.29) is 12.5 Å². The van der Waals surface area contributed by atoms with Crippen LogP contribution in [0.4, 0.5) is 17.3 Å². The Morgan fingerprint density at radius 3 is 2.58 bits per heavy atom. The van der Waals surface area contributed by atoms with E-state index in [2.05, 4.69) is 50.7 Å². The molecule has 2 N–H and O–H groups in total. The lowest BCUT2D eigenvalue weighted by Crippen LogP contribution is -2.44. The summed E-state index contributed by atoms with van der Waals surface area (Å²) < 4.78 is 0. The number of carbonyl (C=O) groups is 1. The third-order valence-electron chi connectivity index (χ3n) is 6.37. The zero-order chi connectivity index (χ0) is 24.9. The molecule has 0 atom stereocenters. The number of nitrogens with zero attached hydrogens (tertiary/aromatic N) is 5. The van der Waals surface area contributed by atoms with Gasteiger partial charge in [0.25, 0.3) is 5.91 Å². The van der Waals surface area contributed by atoms with Crippen LogP contribution in [0.5, 0.6) is 0 Å². The third kappa shape index (κ3) is 5.11. The smallest absolute Gasteiger partial charge is 0.252 e. The SMILES string of the molecule is CN1CCN(c2cccc(Nc3ncc4cccc(-c5ccc(C(=O)NCC#N)cc5)c4n3)c2)CC1. The summed E-state index contributed by atoms with van der Waals surface area (Å²) in [6.45, 7) is 4.11. The Bertz CT molecular complexity index is 1420. The summed E-state index contributed by atoms with van der Waals surface area (Å²) in [4.78, 5) is 26.2. The Labute approximate surface area is 210 Å². The highest BCUT2D eigenvalue weighted by Gasteiger charge is 2.15. The van der Waals surface area contributed by atoms with Gasteiger partial charge in [0, 0.05) is 60.3 Å². The van der Waals surface area contributed by atoms with Gasteiger partial charge in [0.2, 0.25) is 5.95 Å². The second kappa shape index (κ2) is 10.4. The summed E-state index contributed by atoms with van der Waals surface area (Å²) in [6.07, 6.45) is 1.82. The van der Waals surface area contributed by atoms with E-state index in [1.54, 1.807) is 12.1 Å². The fourth-order valence-electron chi connectivity index (χ4n) is 4.35. The van der Waals surface area contributed by atoms with Crippen molar-refractivity contribution >= 4 is 34.1 Å². The second-order valence-electron chi connectivity index (χ2n) is 8.82. The van der Waals surface area contributed by atoms with Crippen LogP contribution in [0.25, 0.3) is 22.0 Å². The Kier molecular flexibility index (Phi) is 6.74. The van der Waals surface area contributed by atoms with Crippen molar-refractivity contribution in [1.29, 1.82) is 5.26 Å². The van der Waals surface area contributed by atoms with E-state index in [1.807, 2.05) is 48.7 Å². The number of likely N-dealkylation sites (N-methyl/N-ethyl adjacent to an activating group) is 1. The van der Waals surface area contributed by atoms with Gasteiger partial charge in [-0.05, 0) is 42.9 Å². The lowest BCUT2D eigenvalue weighted by molar-refractivity contribution is 0.0958. The maximum atomic E-state index is 12.1. The Morgan fingerprint density at radius 1 is 1.03 bits per heavy atom.